The summed E-state index contributed by atoms with van der Waals surface area (Å²) in [5, 5.41) is 6.46. The molecule has 0 saturated heterocycles. The number of hydrogen-bond donors (Lipinski definition) is 2. The van der Waals surface area contributed by atoms with Gasteiger partial charge in [-0.1, -0.05) is 30.3 Å². The average Bonchev–Trinajstić information content (AvgIpc) is 2.62. The molecule has 2 aromatic carbocycles. The number of nitrogens with one attached hydrogen (secondary N) is 2. The minimum atomic E-state index is 0.288. The third kappa shape index (κ3) is 5.21. The van der Waals surface area contributed by atoms with Gasteiger partial charge in [-0.2, -0.15) is 4.98 Å². The normalized spacial score (nSPS) is 10.5. The van der Waals surface area contributed by atoms with Crippen molar-refractivity contribution in [1.29, 1.82) is 0 Å². The van der Waals surface area contributed by atoms with Crippen LogP contribution in [0, 0.1) is 0 Å². The highest BCUT2D eigenvalue weighted by Crippen LogP contribution is 2.20. The van der Waals surface area contributed by atoms with E-state index in [4.69, 9.17) is 4.74 Å². The molecule has 1 aromatic heterocycles. The van der Waals surface area contributed by atoms with Gasteiger partial charge < -0.3 is 15.4 Å². The summed E-state index contributed by atoms with van der Waals surface area (Å²) in [7, 11) is 0. The number of rotatable bonds is 7. The van der Waals surface area contributed by atoms with Crippen LogP contribution in [0.25, 0.3) is 0 Å². The molecular weight excluding hydrogens is 312 g/mol. The predicted molar refractivity (Wildman–Crippen MR) is 101 cm³/mol. The first-order valence-electron chi connectivity index (χ1n) is 8.32. The van der Waals surface area contributed by atoms with Crippen LogP contribution in [0.15, 0.2) is 66.9 Å². The predicted octanol–water partition coefficient (Wildman–Crippen LogP) is 4.62. The standard InChI is InChI=1S/C20H22N4O/c1-15(2)22-20-21-13-12-19(24-20)23-17-8-10-18(11-9-17)25-14-16-6-4-3-5-7-16/h3-13,15H,14H2,1-2H3,(H2,21,22,23,24). The lowest BCUT2D eigenvalue weighted by atomic mass is 10.2. The highest BCUT2D eigenvalue weighted by molar-refractivity contribution is 5.57. The van der Waals surface area contributed by atoms with Gasteiger partial charge in [0.1, 0.15) is 18.2 Å². The summed E-state index contributed by atoms with van der Waals surface area (Å²) in [6, 6.07) is 20.1. The molecule has 0 saturated carbocycles. The van der Waals surface area contributed by atoms with Gasteiger partial charge in [-0.3, -0.25) is 0 Å². The Morgan fingerprint density at radius 1 is 0.960 bits per heavy atom. The highest BCUT2D eigenvalue weighted by atomic mass is 16.5. The zero-order valence-electron chi connectivity index (χ0n) is 14.4. The van der Waals surface area contributed by atoms with E-state index in [1.807, 2.05) is 60.7 Å². The molecule has 3 rings (SSSR count). The van der Waals surface area contributed by atoms with Crippen LogP contribution in [0.2, 0.25) is 0 Å². The molecule has 1 heterocycles. The molecule has 0 radical (unpaired) electrons. The molecule has 0 atom stereocenters. The van der Waals surface area contributed by atoms with Crippen LogP contribution in [0.3, 0.4) is 0 Å². The number of ether oxygens (including phenoxy) is 1. The Bertz CT molecular complexity index is 788. The Kier molecular flexibility index (Phi) is 5.46. The van der Waals surface area contributed by atoms with E-state index in [9.17, 15) is 0 Å². The largest absolute Gasteiger partial charge is 0.489 e. The lowest BCUT2D eigenvalue weighted by molar-refractivity contribution is 0.306. The maximum atomic E-state index is 5.80. The van der Waals surface area contributed by atoms with Crippen molar-refractivity contribution < 1.29 is 4.74 Å². The molecule has 5 nitrogen and oxygen atoms in total. The Morgan fingerprint density at radius 3 is 2.44 bits per heavy atom. The topological polar surface area (TPSA) is 59.1 Å². The summed E-state index contributed by atoms with van der Waals surface area (Å²) in [5.41, 5.74) is 2.09. The first kappa shape index (κ1) is 16.8. The molecule has 0 unspecified atom stereocenters. The van der Waals surface area contributed by atoms with E-state index < -0.39 is 0 Å². The summed E-state index contributed by atoms with van der Waals surface area (Å²) >= 11 is 0. The summed E-state index contributed by atoms with van der Waals surface area (Å²) in [6.45, 7) is 4.67. The fraction of sp³-hybridized carbons (Fsp3) is 0.200. The van der Waals surface area contributed by atoms with E-state index in [0.717, 1.165) is 22.8 Å². The van der Waals surface area contributed by atoms with Crippen molar-refractivity contribution in [3.63, 3.8) is 0 Å². The lowest BCUT2D eigenvalue weighted by Crippen LogP contribution is -2.12. The Hall–Kier alpha value is -3.08. The van der Waals surface area contributed by atoms with Crippen LogP contribution in [0.1, 0.15) is 19.4 Å². The van der Waals surface area contributed by atoms with Crippen LogP contribution in [0.4, 0.5) is 17.5 Å². The quantitative estimate of drug-likeness (QED) is 0.660. The van der Waals surface area contributed by atoms with Crippen LogP contribution in [-0.2, 0) is 6.61 Å². The number of anilines is 3. The van der Waals surface area contributed by atoms with Gasteiger partial charge in [-0.25, -0.2) is 4.98 Å². The lowest BCUT2D eigenvalue weighted by Gasteiger charge is -2.11. The molecule has 0 spiro atoms. The number of hydrogen-bond acceptors (Lipinski definition) is 5. The molecule has 2 N–H and O–H groups in total. The molecule has 0 aliphatic carbocycles. The summed E-state index contributed by atoms with van der Waals surface area (Å²) in [4.78, 5) is 8.65. The molecule has 3 aromatic rings. The molecular formula is C20H22N4O. The number of aromatic nitrogens is 2. The summed E-state index contributed by atoms with van der Waals surface area (Å²) < 4.78 is 5.80. The van der Waals surface area contributed by atoms with Gasteiger partial charge in [0.05, 0.1) is 0 Å². The molecule has 0 fully saturated rings. The molecule has 5 heteroatoms. The van der Waals surface area contributed by atoms with Crippen molar-refractivity contribution in [2.45, 2.75) is 26.5 Å². The van der Waals surface area contributed by atoms with Gasteiger partial charge in [0, 0.05) is 17.9 Å². The molecule has 0 aliphatic rings. The van der Waals surface area contributed by atoms with Crippen LogP contribution >= 0.6 is 0 Å². The van der Waals surface area contributed by atoms with Crippen molar-refractivity contribution in [3.8, 4) is 5.75 Å². The smallest absolute Gasteiger partial charge is 0.224 e. The second-order valence-electron chi connectivity index (χ2n) is 5.99. The molecule has 128 valence electrons. The van der Waals surface area contributed by atoms with E-state index in [0.29, 0.717) is 12.6 Å². The maximum absolute atomic E-state index is 5.80. The summed E-state index contributed by atoms with van der Waals surface area (Å²) in [6.07, 6.45) is 1.73. The second kappa shape index (κ2) is 8.15. The van der Waals surface area contributed by atoms with Crippen molar-refractivity contribution in [3.05, 3.63) is 72.4 Å². The average molecular weight is 334 g/mol. The van der Waals surface area contributed by atoms with Crippen LogP contribution in [0.5, 0.6) is 5.75 Å². The van der Waals surface area contributed by atoms with E-state index in [1.54, 1.807) is 6.20 Å². The van der Waals surface area contributed by atoms with Crippen LogP contribution in [-0.4, -0.2) is 16.0 Å². The minimum Gasteiger partial charge on any atom is -0.489 e. The fourth-order valence-electron chi connectivity index (χ4n) is 2.28. The maximum Gasteiger partial charge on any atom is 0.224 e. The zero-order valence-corrected chi connectivity index (χ0v) is 14.4. The van der Waals surface area contributed by atoms with Gasteiger partial charge in [0.2, 0.25) is 5.95 Å². The number of nitrogens with zero attached hydrogens (tertiary/aromatic N) is 2. The Balaban J connectivity index is 1.59. The molecule has 0 bridgehead atoms. The second-order valence-corrected chi connectivity index (χ2v) is 5.99. The van der Waals surface area contributed by atoms with Crippen molar-refractivity contribution in [2.75, 3.05) is 10.6 Å². The van der Waals surface area contributed by atoms with E-state index in [-0.39, 0.29) is 6.04 Å². The van der Waals surface area contributed by atoms with Crippen LogP contribution < -0.4 is 15.4 Å². The van der Waals surface area contributed by atoms with E-state index in [2.05, 4.69) is 34.4 Å². The SMILES string of the molecule is CC(C)Nc1nccc(Nc2ccc(OCc3ccccc3)cc2)n1. The first-order chi connectivity index (χ1) is 12.2. The van der Waals surface area contributed by atoms with Gasteiger partial charge in [-0.05, 0) is 49.7 Å². The van der Waals surface area contributed by atoms with E-state index >= 15 is 0 Å². The van der Waals surface area contributed by atoms with Gasteiger partial charge >= 0.3 is 0 Å². The monoisotopic (exact) mass is 334 g/mol. The third-order valence-corrected chi connectivity index (χ3v) is 3.45. The summed E-state index contributed by atoms with van der Waals surface area (Å²) in [5.74, 6) is 2.19. The van der Waals surface area contributed by atoms with Gasteiger partial charge in [-0.15, -0.1) is 0 Å². The van der Waals surface area contributed by atoms with Crippen molar-refractivity contribution in [1.82, 2.24) is 9.97 Å². The minimum absolute atomic E-state index is 0.288. The van der Waals surface area contributed by atoms with Gasteiger partial charge in [0.25, 0.3) is 0 Å². The molecule has 0 aliphatic heterocycles. The number of benzene rings is 2. The van der Waals surface area contributed by atoms with Gasteiger partial charge in [0.15, 0.2) is 0 Å². The fourth-order valence-corrected chi connectivity index (χ4v) is 2.28. The van der Waals surface area contributed by atoms with Crippen molar-refractivity contribution in [2.24, 2.45) is 0 Å². The zero-order chi connectivity index (χ0) is 17.5. The van der Waals surface area contributed by atoms with E-state index in [1.165, 1.54) is 0 Å². The molecule has 25 heavy (non-hydrogen) atoms. The molecule has 0 amide bonds. The van der Waals surface area contributed by atoms with Crippen molar-refractivity contribution >= 4 is 17.5 Å². The Labute approximate surface area is 148 Å². The third-order valence-electron chi connectivity index (χ3n) is 3.45. The first-order valence-corrected chi connectivity index (χ1v) is 8.32. The Morgan fingerprint density at radius 2 is 1.72 bits per heavy atom. The highest BCUT2D eigenvalue weighted by Gasteiger charge is 2.02.